The second kappa shape index (κ2) is 10.8. The highest BCUT2D eigenvalue weighted by Gasteiger charge is 2.13. The smallest absolute Gasteiger partial charge is 0.240 e. The molecule has 3 aromatic rings. The van der Waals surface area contributed by atoms with Gasteiger partial charge in [0, 0.05) is 25.1 Å². The summed E-state index contributed by atoms with van der Waals surface area (Å²) in [6.07, 6.45) is 0.783. The van der Waals surface area contributed by atoms with Gasteiger partial charge < -0.3 is 19.5 Å². The first-order chi connectivity index (χ1) is 14.7. The molecule has 0 unspecified atom stereocenters. The number of carbonyl (C=O) groups excluding carboxylic acids is 1. The Bertz CT molecular complexity index is 963. The first-order valence-electron chi connectivity index (χ1n) is 10.8. The van der Waals surface area contributed by atoms with Gasteiger partial charge in [-0.2, -0.15) is 0 Å². The normalized spacial score (nSPS) is 11.2. The predicted molar refractivity (Wildman–Crippen MR) is 121 cm³/mol. The quantitative estimate of drug-likeness (QED) is 0.526. The summed E-state index contributed by atoms with van der Waals surface area (Å²) in [6.45, 7) is 10.6. The fourth-order valence-corrected chi connectivity index (χ4v) is 3.58. The van der Waals surface area contributed by atoms with Crippen molar-refractivity contribution in [2.45, 2.75) is 40.3 Å². The molecule has 0 radical (unpaired) electrons. The minimum atomic E-state index is -0.0363. The zero-order valence-electron chi connectivity index (χ0n) is 18.2. The number of hydrogen-bond donors (Lipinski definition) is 1. The van der Waals surface area contributed by atoms with Crippen molar-refractivity contribution in [3.8, 4) is 5.75 Å². The minimum Gasteiger partial charge on any atom is -0.492 e. The molecule has 1 N–H and O–H groups in total. The number of aromatic nitrogens is 2. The number of nitrogens with zero attached hydrogens (tertiary/aromatic N) is 3. The number of para-hydroxylation sites is 3. The second-order valence-corrected chi connectivity index (χ2v) is 7.22. The Morgan fingerprint density at radius 2 is 1.80 bits per heavy atom. The lowest BCUT2D eigenvalue weighted by molar-refractivity contribution is -0.121. The highest BCUT2D eigenvalue weighted by molar-refractivity contribution is 5.81. The van der Waals surface area contributed by atoms with Crippen LogP contribution in [0.5, 0.6) is 5.75 Å². The third kappa shape index (κ3) is 5.39. The topological polar surface area (TPSA) is 59.4 Å². The van der Waals surface area contributed by atoms with E-state index in [0.29, 0.717) is 13.2 Å². The first-order valence-corrected chi connectivity index (χ1v) is 10.8. The van der Waals surface area contributed by atoms with Crippen molar-refractivity contribution in [1.82, 2.24) is 19.8 Å². The standard InChI is InChI=1S/C24H32N4O2/c1-4-23-26-20-12-8-9-13-21(20)28(23)18-24(29)25-17-19-11-7-10-14-22(19)30-16-15-27(5-2)6-3/h7-14H,4-6,15-18H2,1-3H3,(H,25,29). The van der Waals surface area contributed by atoms with Crippen LogP contribution in [0.15, 0.2) is 48.5 Å². The van der Waals surface area contributed by atoms with Crippen LogP contribution in [-0.4, -0.2) is 46.6 Å². The number of benzene rings is 2. The summed E-state index contributed by atoms with van der Waals surface area (Å²) in [5.74, 6) is 1.71. The lowest BCUT2D eigenvalue weighted by atomic mass is 10.2. The third-order valence-corrected chi connectivity index (χ3v) is 5.36. The molecule has 2 aromatic carbocycles. The van der Waals surface area contributed by atoms with Gasteiger partial charge in [-0.15, -0.1) is 0 Å². The van der Waals surface area contributed by atoms with Crippen LogP contribution < -0.4 is 10.1 Å². The number of likely N-dealkylation sites (N-methyl/N-ethyl adjacent to an activating group) is 1. The zero-order valence-corrected chi connectivity index (χ0v) is 18.2. The molecule has 0 aliphatic rings. The number of hydrogen-bond acceptors (Lipinski definition) is 4. The molecule has 1 aromatic heterocycles. The SMILES string of the molecule is CCc1nc2ccccc2n1CC(=O)NCc1ccccc1OCCN(CC)CC. The molecule has 3 rings (SSSR count). The average Bonchev–Trinajstić information content (AvgIpc) is 3.13. The Morgan fingerprint density at radius 3 is 2.57 bits per heavy atom. The van der Waals surface area contributed by atoms with Gasteiger partial charge in [0.15, 0.2) is 0 Å². The second-order valence-electron chi connectivity index (χ2n) is 7.22. The molecule has 0 bridgehead atoms. The minimum absolute atomic E-state index is 0.0363. The molecule has 160 valence electrons. The molecular weight excluding hydrogens is 376 g/mol. The maximum atomic E-state index is 12.7. The van der Waals surface area contributed by atoms with Crippen LogP contribution in [-0.2, 0) is 24.3 Å². The summed E-state index contributed by atoms with van der Waals surface area (Å²) in [5, 5.41) is 3.04. The lowest BCUT2D eigenvalue weighted by Gasteiger charge is -2.19. The fourth-order valence-electron chi connectivity index (χ4n) is 3.58. The van der Waals surface area contributed by atoms with E-state index in [4.69, 9.17) is 4.74 Å². The zero-order chi connectivity index (χ0) is 21.3. The Hall–Kier alpha value is -2.86. The number of amides is 1. The van der Waals surface area contributed by atoms with E-state index < -0.39 is 0 Å². The number of ether oxygens (including phenoxy) is 1. The van der Waals surface area contributed by atoms with Gasteiger partial charge in [-0.25, -0.2) is 4.98 Å². The molecule has 1 amide bonds. The number of rotatable bonds is 11. The van der Waals surface area contributed by atoms with E-state index in [-0.39, 0.29) is 12.5 Å². The van der Waals surface area contributed by atoms with Crippen LogP contribution in [0.25, 0.3) is 11.0 Å². The van der Waals surface area contributed by atoms with Crippen molar-refractivity contribution in [3.05, 3.63) is 59.9 Å². The third-order valence-electron chi connectivity index (χ3n) is 5.36. The van der Waals surface area contributed by atoms with Crippen molar-refractivity contribution >= 4 is 16.9 Å². The molecule has 0 aliphatic heterocycles. The first kappa shape index (κ1) is 21.8. The van der Waals surface area contributed by atoms with Gasteiger partial charge in [0.25, 0.3) is 0 Å². The highest BCUT2D eigenvalue weighted by Crippen LogP contribution is 2.19. The summed E-state index contributed by atoms with van der Waals surface area (Å²) in [5.41, 5.74) is 2.90. The van der Waals surface area contributed by atoms with Crippen molar-refractivity contribution in [2.75, 3.05) is 26.2 Å². The molecular formula is C24H32N4O2. The molecule has 0 saturated heterocycles. The summed E-state index contributed by atoms with van der Waals surface area (Å²) >= 11 is 0. The summed E-state index contributed by atoms with van der Waals surface area (Å²) in [7, 11) is 0. The van der Waals surface area contributed by atoms with Crippen molar-refractivity contribution < 1.29 is 9.53 Å². The van der Waals surface area contributed by atoms with Gasteiger partial charge in [-0.3, -0.25) is 4.79 Å². The van der Waals surface area contributed by atoms with Crippen molar-refractivity contribution in [2.24, 2.45) is 0 Å². The Morgan fingerprint density at radius 1 is 1.07 bits per heavy atom. The number of nitrogens with one attached hydrogen (secondary N) is 1. The van der Waals surface area contributed by atoms with Gasteiger partial charge in [0.05, 0.1) is 11.0 Å². The number of fused-ring (bicyclic) bond motifs is 1. The molecule has 0 spiro atoms. The molecule has 0 atom stereocenters. The van der Waals surface area contributed by atoms with Gasteiger partial charge >= 0.3 is 0 Å². The Labute approximate surface area is 178 Å². The molecule has 0 saturated carbocycles. The highest BCUT2D eigenvalue weighted by atomic mass is 16.5. The maximum absolute atomic E-state index is 12.7. The summed E-state index contributed by atoms with van der Waals surface area (Å²) in [4.78, 5) is 19.6. The van der Waals surface area contributed by atoms with E-state index in [1.54, 1.807) is 0 Å². The summed E-state index contributed by atoms with van der Waals surface area (Å²) < 4.78 is 7.99. The van der Waals surface area contributed by atoms with Crippen LogP contribution >= 0.6 is 0 Å². The van der Waals surface area contributed by atoms with E-state index in [2.05, 4.69) is 36.0 Å². The Kier molecular flexibility index (Phi) is 7.85. The largest absolute Gasteiger partial charge is 0.492 e. The molecule has 0 fully saturated rings. The van der Waals surface area contributed by atoms with Crippen LogP contribution in [0.2, 0.25) is 0 Å². The van der Waals surface area contributed by atoms with Crippen molar-refractivity contribution in [1.29, 1.82) is 0 Å². The van der Waals surface area contributed by atoms with Gasteiger partial charge in [0.1, 0.15) is 24.7 Å². The monoisotopic (exact) mass is 408 g/mol. The Balaban J connectivity index is 1.60. The van der Waals surface area contributed by atoms with E-state index in [1.807, 2.05) is 53.1 Å². The van der Waals surface area contributed by atoms with Crippen LogP contribution in [0.3, 0.4) is 0 Å². The van der Waals surface area contributed by atoms with Gasteiger partial charge in [-0.05, 0) is 31.3 Å². The average molecular weight is 409 g/mol. The summed E-state index contributed by atoms with van der Waals surface area (Å²) in [6, 6.07) is 15.8. The predicted octanol–water partition coefficient (Wildman–Crippen LogP) is 3.64. The maximum Gasteiger partial charge on any atom is 0.240 e. The number of aryl methyl sites for hydroxylation is 1. The van der Waals surface area contributed by atoms with E-state index in [1.165, 1.54) is 0 Å². The molecule has 0 aliphatic carbocycles. The molecule has 1 heterocycles. The van der Waals surface area contributed by atoms with Crippen LogP contribution in [0.1, 0.15) is 32.2 Å². The van der Waals surface area contributed by atoms with Crippen LogP contribution in [0, 0.1) is 0 Å². The molecule has 6 nitrogen and oxygen atoms in total. The van der Waals surface area contributed by atoms with Gasteiger partial charge in [0.2, 0.25) is 5.91 Å². The molecule has 30 heavy (non-hydrogen) atoms. The number of carbonyl (C=O) groups is 1. The van der Waals surface area contributed by atoms with Crippen molar-refractivity contribution in [3.63, 3.8) is 0 Å². The molecule has 6 heteroatoms. The van der Waals surface area contributed by atoms with E-state index in [9.17, 15) is 4.79 Å². The fraction of sp³-hybridized carbons (Fsp3) is 0.417. The lowest BCUT2D eigenvalue weighted by Crippen LogP contribution is -2.29. The number of imidazole rings is 1. The van der Waals surface area contributed by atoms with Crippen LogP contribution in [0.4, 0.5) is 0 Å². The van der Waals surface area contributed by atoms with Gasteiger partial charge in [-0.1, -0.05) is 51.1 Å². The van der Waals surface area contributed by atoms with E-state index in [0.717, 1.165) is 54.2 Å². The van der Waals surface area contributed by atoms with E-state index >= 15 is 0 Å².